The SMILES string of the molecule is Cc1cc(-c2c(OS(C)(=O)=O)cccc2C(N)=O)ccc1Nc1nccc(-c2cccnc2)n1. The van der Waals surface area contributed by atoms with E-state index in [0.29, 0.717) is 17.1 Å². The molecule has 0 atom stereocenters. The van der Waals surface area contributed by atoms with Gasteiger partial charge in [0.15, 0.2) is 5.75 Å². The van der Waals surface area contributed by atoms with E-state index in [2.05, 4.69) is 20.3 Å². The molecule has 1 amide bonds. The van der Waals surface area contributed by atoms with Crippen molar-refractivity contribution in [1.29, 1.82) is 0 Å². The number of anilines is 2. The lowest BCUT2D eigenvalue weighted by atomic mass is 9.96. The second-order valence-corrected chi connectivity index (χ2v) is 9.07. The molecule has 0 saturated carbocycles. The molecule has 4 rings (SSSR count). The van der Waals surface area contributed by atoms with Crippen molar-refractivity contribution in [1.82, 2.24) is 15.0 Å². The number of aryl methyl sites for hydroxylation is 1. The number of nitrogens with one attached hydrogen (secondary N) is 1. The van der Waals surface area contributed by atoms with Gasteiger partial charge in [-0.2, -0.15) is 8.42 Å². The third kappa shape index (κ3) is 5.18. The Hall–Kier alpha value is -4.31. The van der Waals surface area contributed by atoms with E-state index in [4.69, 9.17) is 9.92 Å². The van der Waals surface area contributed by atoms with Gasteiger partial charge in [-0.1, -0.05) is 12.1 Å². The van der Waals surface area contributed by atoms with E-state index < -0.39 is 16.0 Å². The summed E-state index contributed by atoms with van der Waals surface area (Å²) in [5.74, 6) is -0.281. The van der Waals surface area contributed by atoms with E-state index in [1.807, 2.05) is 19.1 Å². The molecule has 0 unspecified atom stereocenters. The number of rotatable bonds is 7. The summed E-state index contributed by atoms with van der Waals surface area (Å²) in [6.45, 7) is 1.86. The van der Waals surface area contributed by atoms with Gasteiger partial charge in [-0.15, -0.1) is 0 Å². The highest BCUT2D eigenvalue weighted by molar-refractivity contribution is 7.86. The van der Waals surface area contributed by atoms with E-state index in [9.17, 15) is 13.2 Å². The smallest absolute Gasteiger partial charge is 0.306 e. The molecule has 2 aromatic heterocycles. The summed E-state index contributed by atoms with van der Waals surface area (Å²) >= 11 is 0. The van der Waals surface area contributed by atoms with Crippen LogP contribution in [0.2, 0.25) is 0 Å². The van der Waals surface area contributed by atoms with Crippen LogP contribution in [0, 0.1) is 6.92 Å². The number of nitrogens with two attached hydrogens (primary N) is 1. The Morgan fingerprint density at radius 2 is 1.85 bits per heavy atom. The Labute approximate surface area is 196 Å². The normalized spacial score (nSPS) is 11.1. The highest BCUT2D eigenvalue weighted by atomic mass is 32.2. The average Bonchev–Trinajstić information content (AvgIpc) is 2.80. The van der Waals surface area contributed by atoms with Crippen molar-refractivity contribution in [2.24, 2.45) is 5.73 Å². The molecule has 0 aliphatic carbocycles. The fourth-order valence-electron chi connectivity index (χ4n) is 3.44. The zero-order chi connectivity index (χ0) is 24.3. The van der Waals surface area contributed by atoms with Crippen LogP contribution in [0.25, 0.3) is 22.4 Å². The van der Waals surface area contributed by atoms with E-state index in [-0.39, 0.29) is 11.3 Å². The summed E-state index contributed by atoms with van der Waals surface area (Å²) in [5.41, 5.74) is 9.67. The molecule has 3 N–H and O–H groups in total. The first-order valence-corrected chi connectivity index (χ1v) is 12.0. The second-order valence-electron chi connectivity index (χ2n) is 7.49. The number of primary amides is 1. The van der Waals surface area contributed by atoms with Crippen molar-refractivity contribution in [3.8, 4) is 28.1 Å². The van der Waals surface area contributed by atoms with Gasteiger partial charge >= 0.3 is 10.1 Å². The van der Waals surface area contributed by atoms with Crippen LogP contribution >= 0.6 is 0 Å². The second kappa shape index (κ2) is 9.28. The zero-order valence-corrected chi connectivity index (χ0v) is 19.2. The summed E-state index contributed by atoms with van der Waals surface area (Å²) in [6.07, 6.45) is 6.00. The van der Waals surface area contributed by atoms with Crippen LogP contribution in [0.3, 0.4) is 0 Å². The van der Waals surface area contributed by atoms with Crippen LogP contribution in [0.5, 0.6) is 5.75 Å². The number of aromatic nitrogens is 3. The fourth-order valence-corrected chi connectivity index (χ4v) is 3.91. The molecule has 0 spiro atoms. The minimum Gasteiger partial charge on any atom is -0.382 e. The molecule has 0 aliphatic heterocycles. The lowest BCUT2D eigenvalue weighted by Gasteiger charge is -2.15. The fraction of sp³-hybridized carbons (Fsp3) is 0.0833. The molecular weight excluding hydrogens is 454 g/mol. The van der Waals surface area contributed by atoms with E-state index >= 15 is 0 Å². The zero-order valence-electron chi connectivity index (χ0n) is 18.4. The molecule has 0 bridgehead atoms. The van der Waals surface area contributed by atoms with Crippen molar-refractivity contribution in [2.45, 2.75) is 6.92 Å². The van der Waals surface area contributed by atoms with Gasteiger partial charge in [0.05, 0.1) is 17.5 Å². The number of pyridine rings is 1. The van der Waals surface area contributed by atoms with Crippen molar-refractivity contribution in [3.05, 3.63) is 84.3 Å². The molecule has 2 heterocycles. The first-order valence-electron chi connectivity index (χ1n) is 10.1. The third-order valence-corrected chi connectivity index (χ3v) is 5.39. The highest BCUT2D eigenvalue weighted by Crippen LogP contribution is 2.36. The van der Waals surface area contributed by atoms with Crippen molar-refractivity contribution < 1.29 is 17.4 Å². The Balaban J connectivity index is 1.70. The standard InChI is InChI=1S/C24H21N5O4S/c1-15-13-16(22-18(23(25)30)6-3-7-21(22)33-34(2,31)32)8-9-19(15)28-24-27-12-10-20(29-24)17-5-4-11-26-14-17/h3-14H,1-2H3,(H2,25,30)(H,27,28,29). The van der Waals surface area contributed by atoms with Gasteiger partial charge in [0.1, 0.15) is 0 Å². The number of hydrogen-bond acceptors (Lipinski definition) is 8. The molecule has 9 nitrogen and oxygen atoms in total. The molecule has 0 fully saturated rings. The third-order valence-electron chi connectivity index (χ3n) is 4.91. The minimum atomic E-state index is -3.82. The van der Waals surface area contributed by atoms with Gasteiger partial charge in [0.2, 0.25) is 11.9 Å². The van der Waals surface area contributed by atoms with Gasteiger partial charge in [-0.3, -0.25) is 9.78 Å². The van der Waals surface area contributed by atoms with E-state index in [1.165, 1.54) is 18.2 Å². The molecule has 0 saturated heterocycles. The van der Waals surface area contributed by atoms with Crippen LogP contribution in [0.1, 0.15) is 15.9 Å². The van der Waals surface area contributed by atoms with Crippen LogP contribution < -0.4 is 15.2 Å². The largest absolute Gasteiger partial charge is 0.382 e. The van der Waals surface area contributed by atoms with Gasteiger partial charge < -0.3 is 15.2 Å². The lowest BCUT2D eigenvalue weighted by molar-refractivity contribution is 0.100. The topological polar surface area (TPSA) is 137 Å². The summed E-state index contributed by atoms with van der Waals surface area (Å²) < 4.78 is 28.6. The lowest BCUT2D eigenvalue weighted by Crippen LogP contribution is -2.14. The maximum Gasteiger partial charge on any atom is 0.306 e. The van der Waals surface area contributed by atoms with E-state index in [1.54, 1.807) is 42.9 Å². The number of hydrogen-bond donors (Lipinski definition) is 2. The first-order chi connectivity index (χ1) is 16.2. The van der Waals surface area contributed by atoms with Crippen molar-refractivity contribution in [3.63, 3.8) is 0 Å². The van der Waals surface area contributed by atoms with Crippen LogP contribution in [0.15, 0.2) is 73.2 Å². The van der Waals surface area contributed by atoms with Crippen molar-refractivity contribution >= 4 is 27.7 Å². The van der Waals surface area contributed by atoms with Crippen LogP contribution in [-0.4, -0.2) is 35.5 Å². The van der Waals surface area contributed by atoms with Gasteiger partial charge in [0, 0.05) is 35.4 Å². The first kappa shape index (κ1) is 22.9. The quantitative estimate of drug-likeness (QED) is 0.386. The molecule has 0 radical (unpaired) electrons. The Kier molecular flexibility index (Phi) is 6.24. The maximum atomic E-state index is 12.0. The monoisotopic (exact) mass is 475 g/mol. The summed E-state index contributed by atoms with van der Waals surface area (Å²) in [4.78, 5) is 25.0. The van der Waals surface area contributed by atoms with Crippen LogP contribution in [0.4, 0.5) is 11.6 Å². The Morgan fingerprint density at radius 1 is 1.03 bits per heavy atom. The predicted molar refractivity (Wildman–Crippen MR) is 129 cm³/mol. The molecule has 4 aromatic rings. The van der Waals surface area contributed by atoms with Crippen LogP contribution in [-0.2, 0) is 10.1 Å². The Morgan fingerprint density at radius 3 is 2.53 bits per heavy atom. The molecule has 172 valence electrons. The number of amides is 1. The summed E-state index contributed by atoms with van der Waals surface area (Å²) in [7, 11) is -3.82. The van der Waals surface area contributed by atoms with Gasteiger partial charge in [-0.05, 0) is 60.5 Å². The minimum absolute atomic E-state index is 0.0198. The highest BCUT2D eigenvalue weighted by Gasteiger charge is 2.19. The van der Waals surface area contributed by atoms with Gasteiger partial charge in [-0.25, -0.2) is 9.97 Å². The predicted octanol–water partition coefficient (Wildman–Crippen LogP) is 3.69. The molecule has 34 heavy (non-hydrogen) atoms. The number of carbonyl (C=O) groups excluding carboxylic acids is 1. The molecule has 10 heteroatoms. The summed E-state index contributed by atoms with van der Waals surface area (Å²) in [5, 5.41) is 3.19. The number of benzene rings is 2. The molecular formula is C24H21N5O4S. The molecule has 0 aliphatic rings. The number of nitrogens with zero attached hydrogens (tertiary/aromatic N) is 3. The Bertz CT molecular complexity index is 1470. The number of carbonyl (C=O) groups is 1. The summed E-state index contributed by atoms with van der Waals surface area (Å²) in [6, 6.07) is 15.4. The van der Waals surface area contributed by atoms with Gasteiger partial charge in [0.25, 0.3) is 0 Å². The average molecular weight is 476 g/mol. The molecule has 2 aromatic carbocycles. The van der Waals surface area contributed by atoms with Crippen molar-refractivity contribution in [2.75, 3.05) is 11.6 Å². The maximum absolute atomic E-state index is 12.0. The van der Waals surface area contributed by atoms with E-state index in [0.717, 1.165) is 28.8 Å².